The molecule has 0 unspecified atom stereocenters. The summed E-state index contributed by atoms with van der Waals surface area (Å²) >= 11 is 8.96. The average Bonchev–Trinajstić information content (AvgIpc) is 3.43. The van der Waals surface area contributed by atoms with Crippen molar-refractivity contribution in [2.75, 3.05) is 11.9 Å². The van der Waals surface area contributed by atoms with Gasteiger partial charge in [0.25, 0.3) is 0 Å². The van der Waals surface area contributed by atoms with E-state index in [2.05, 4.69) is 15.2 Å². The molecule has 1 aromatic carbocycles. The second-order valence-electron chi connectivity index (χ2n) is 7.20. The second kappa shape index (κ2) is 9.26. The fourth-order valence-electron chi connectivity index (χ4n) is 3.62. The number of likely N-dealkylation sites (tertiary alicyclic amines) is 1. The molecule has 3 heterocycles. The van der Waals surface area contributed by atoms with Crippen molar-refractivity contribution in [2.24, 2.45) is 5.73 Å². The summed E-state index contributed by atoms with van der Waals surface area (Å²) in [5.41, 5.74) is 8.00. The van der Waals surface area contributed by atoms with Crippen molar-refractivity contribution < 1.29 is 9.59 Å². The fourth-order valence-corrected chi connectivity index (χ4v) is 5.55. The van der Waals surface area contributed by atoms with Crippen LogP contribution in [0.3, 0.4) is 0 Å². The van der Waals surface area contributed by atoms with Crippen molar-refractivity contribution in [3.63, 3.8) is 0 Å². The van der Waals surface area contributed by atoms with Gasteiger partial charge in [0, 0.05) is 17.6 Å². The summed E-state index contributed by atoms with van der Waals surface area (Å²) in [7, 11) is 0. The van der Waals surface area contributed by atoms with E-state index in [0.29, 0.717) is 6.54 Å². The van der Waals surface area contributed by atoms with Crippen LogP contribution in [0.25, 0.3) is 9.88 Å². The van der Waals surface area contributed by atoms with Gasteiger partial charge >= 0.3 is 0 Å². The Bertz CT molecular complexity index is 1060. The summed E-state index contributed by atoms with van der Waals surface area (Å²) < 4.78 is 0.718. The van der Waals surface area contributed by atoms with Crippen LogP contribution in [0.4, 0.5) is 5.69 Å². The summed E-state index contributed by atoms with van der Waals surface area (Å²) in [6.07, 6.45) is 1.98. The molecule has 3 N–H and O–H groups in total. The molecule has 3 aromatic rings. The van der Waals surface area contributed by atoms with Gasteiger partial charge in [0.1, 0.15) is 5.01 Å². The lowest BCUT2D eigenvalue weighted by Gasteiger charge is -2.22. The van der Waals surface area contributed by atoms with E-state index in [1.54, 1.807) is 0 Å². The van der Waals surface area contributed by atoms with Gasteiger partial charge in [0.2, 0.25) is 11.8 Å². The topological polar surface area (TPSA) is 88.3 Å². The number of thiazole rings is 1. The largest absolute Gasteiger partial charge is 0.368 e. The van der Waals surface area contributed by atoms with Gasteiger partial charge in [-0.3, -0.25) is 14.5 Å². The Morgan fingerprint density at radius 3 is 2.93 bits per heavy atom. The molecule has 1 aliphatic heterocycles. The van der Waals surface area contributed by atoms with Crippen molar-refractivity contribution in [3.05, 3.63) is 57.4 Å². The standard InChI is InChI=1S/C21H21ClN4O2S2/c22-18-7-6-17(30-18)21-25-15(12-29-21)10-19(27)24-14-4-1-3-13(9-14)11-26-8-2-5-16(26)20(23)28/h1,3-4,6-7,9,12,16H,2,5,8,10-11H2,(H2,23,28)(H,24,27)/t16-/m1/s1. The molecule has 0 spiro atoms. The molecule has 1 aliphatic rings. The molecule has 6 nitrogen and oxygen atoms in total. The molecule has 156 valence electrons. The third-order valence-electron chi connectivity index (χ3n) is 4.97. The number of aromatic nitrogens is 1. The number of amides is 2. The summed E-state index contributed by atoms with van der Waals surface area (Å²) in [5.74, 6) is -0.395. The highest BCUT2D eigenvalue weighted by molar-refractivity contribution is 7.23. The van der Waals surface area contributed by atoms with Gasteiger partial charge in [-0.15, -0.1) is 22.7 Å². The Hall–Kier alpha value is -2.26. The lowest BCUT2D eigenvalue weighted by Crippen LogP contribution is -2.39. The van der Waals surface area contributed by atoms with Crippen molar-refractivity contribution in [1.82, 2.24) is 9.88 Å². The predicted molar refractivity (Wildman–Crippen MR) is 122 cm³/mol. The van der Waals surface area contributed by atoms with Crippen LogP contribution in [0.5, 0.6) is 0 Å². The van der Waals surface area contributed by atoms with E-state index in [0.717, 1.165) is 50.6 Å². The Morgan fingerprint density at radius 1 is 1.30 bits per heavy atom. The molecule has 30 heavy (non-hydrogen) atoms. The molecule has 0 radical (unpaired) electrons. The van der Waals surface area contributed by atoms with Crippen LogP contribution in [-0.4, -0.2) is 34.3 Å². The van der Waals surface area contributed by atoms with Crippen molar-refractivity contribution in [3.8, 4) is 9.88 Å². The number of hydrogen-bond acceptors (Lipinski definition) is 6. The van der Waals surface area contributed by atoms with Gasteiger partial charge in [0.15, 0.2) is 0 Å². The zero-order chi connectivity index (χ0) is 21.1. The number of nitrogens with one attached hydrogen (secondary N) is 1. The molecular weight excluding hydrogens is 440 g/mol. The molecule has 9 heteroatoms. The van der Waals surface area contributed by atoms with Gasteiger partial charge < -0.3 is 11.1 Å². The number of halogens is 1. The minimum Gasteiger partial charge on any atom is -0.368 e. The zero-order valence-electron chi connectivity index (χ0n) is 16.1. The summed E-state index contributed by atoms with van der Waals surface area (Å²) in [6.45, 7) is 1.49. The Balaban J connectivity index is 1.36. The van der Waals surface area contributed by atoms with Crippen LogP contribution in [0, 0.1) is 0 Å². The number of rotatable bonds is 7. The van der Waals surface area contributed by atoms with E-state index in [4.69, 9.17) is 17.3 Å². The number of nitrogens with two attached hydrogens (primary N) is 1. The van der Waals surface area contributed by atoms with E-state index in [1.165, 1.54) is 22.7 Å². The number of nitrogens with zero attached hydrogens (tertiary/aromatic N) is 2. The highest BCUT2D eigenvalue weighted by atomic mass is 35.5. The second-order valence-corrected chi connectivity index (χ2v) is 9.78. The van der Waals surface area contributed by atoms with Crippen molar-refractivity contribution in [1.29, 1.82) is 0 Å². The molecule has 2 aromatic heterocycles. The van der Waals surface area contributed by atoms with Crippen molar-refractivity contribution >= 4 is 51.8 Å². The van der Waals surface area contributed by atoms with E-state index < -0.39 is 0 Å². The van der Waals surface area contributed by atoms with E-state index >= 15 is 0 Å². The highest BCUT2D eigenvalue weighted by Crippen LogP contribution is 2.33. The number of carbonyl (C=O) groups is 2. The van der Waals surface area contributed by atoms with Gasteiger partial charge in [-0.05, 0) is 49.2 Å². The minimum atomic E-state index is -0.274. The quantitative estimate of drug-likeness (QED) is 0.554. The molecule has 1 atom stereocenters. The van der Waals surface area contributed by atoms with E-state index in [9.17, 15) is 9.59 Å². The molecule has 2 amide bonds. The lowest BCUT2D eigenvalue weighted by atomic mass is 10.1. The molecule has 4 rings (SSSR count). The zero-order valence-corrected chi connectivity index (χ0v) is 18.5. The molecule has 1 saturated heterocycles. The van der Waals surface area contributed by atoms with Crippen LogP contribution in [0.1, 0.15) is 24.1 Å². The first-order valence-corrected chi connectivity index (χ1v) is 11.7. The van der Waals surface area contributed by atoms with Crippen LogP contribution in [0.2, 0.25) is 4.34 Å². The molecule has 0 saturated carbocycles. The smallest absolute Gasteiger partial charge is 0.234 e. The van der Waals surface area contributed by atoms with Crippen LogP contribution in [-0.2, 0) is 22.6 Å². The van der Waals surface area contributed by atoms with Crippen LogP contribution >= 0.6 is 34.3 Å². The molecule has 0 bridgehead atoms. The monoisotopic (exact) mass is 460 g/mol. The fraction of sp³-hybridized carbons (Fsp3) is 0.286. The number of carbonyl (C=O) groups excluding carboxylic acids is 2. The van der Waals surface area contributed by atoms with Gasteiger partial charge in [-0.2, -0.15) is 0 Å². The Labute approximate surface area is 187 Å². The maximum atomic E-state index is 12.5. The predicted octanol–water partition coefficient (Wildman–Crippen LogP) is 4.16. The summed E-state index contributed by atoms with van der Waals surface area (Å²) in [5, 5.41) is 5.71. The first-order valence-electron chi connectivity index (χ1n) is 9.60. The summed E-state index contributed by atoms with van der Waals surface area (Å²) in [4.78, 5) is 31.7. The normalized spacial score (nSPS) is 16.6. The van der Waals surface area contributed by atoms with E-state index in [-0.39, 0.29) is 24.3 Å². The molecule has 1 fully saturated rings. The maximum Gasteiger partial charge on any atom is 0.234 e. The SMILES string of the molecule is NC(=O)[C@H]1CCCN1Cc1cccc(NC(=O)Cc2csc(-c3ccc(Cl)s3)n2)c1. The number of benzene rings is 1. The molecular formula is C21H21ClN4O2S2. The van der Waals surface area contributed by atoms with Gasteiger partial charge in [0.05, 0.1) is 27.4 Å². The first kappa shape index (κ1) is 21.0. The maximum absolute atomic E-state index is 12.5. The Morgan fingerprint density at radius 2 is 2.17 bits per heavy atom. The van der Waals surface area contributed by atoms with Gasteiger partial charge in [-0.25, -0.2) is 4.98 Å². The van der Waals surface area contributed by atoms with Crippen LogP contribution < -0.4 is 11.1 Å². The molecule has 0 aliphatic carbocycles. The summed E-state index contributed by atoms with van der Waals surface area (Å²) in [6, 6.07) is 11.3. The van der Waals surface area contributed by atoms with Gasteiger partial charge in [-0.1, -0.05) is 23.7 Å². The van der Waals surface area contributed by atoms with Crippen molar-refractivity contribution in [2.45, 2.75) is 31.8 Å². The van der Waals surface area contributed by atoms with Crippen LogP contribution in [0.15, 0.2) is 41.8 Å². The number of primary amides is 1. The third kappa shape index (κ3) is 5.07. The average molecular weight is 461 g/mol. The number of anilines is 1. The number of thiophene rings is 1. The number of hydrogen-bond donors (Lipinski definition) is 2. The lowest BCUT2D eigenvalue weighted by molar-refractivity contribution is -0.122. The highest BCUT2D eigenvalue weighted by Gasteiger charge is 2.28. The first-order chi connectivity index (χ1) is 14.5. The Kier molecular flexibility index (Phi) is 6.48. The third-order valence-corrected chi connectivity index (χ3v) is 7.26. The van der Waals surface area contributed by atoms with E-state index in [1.807, 2.05) is 41.8 Å². The minimum absolute atomic E-state index is 0.121.